The summed E-state index contributed by atoms with van der Waals surface area (Å²) in [7, 11) is 2.20. The van der Waals surface area contributed by atoms with Gasteiger partial charge in [-0.05, 0) is 38.1 Å². The van der Waals surface area contributed by atoms with Crippen LogP contribution in [-0.2, 0) is 6.42 Å². The molecular weight excluding hydrogens is 188 g/mol. The molecule has 0 amide bonds. The average molecular weight is 204 g/mol. The zero-order chi connectivity index (χ0) is 10.3. The molecule has 1 atom stereocenters. The second-order valence-electron chi connectivity index (χ2n) is 4.47. The number of hydrogen-bond acceptors (Lipinski definition) is 3. The van der Waals surface area contributed by atoms with Crippen LogP contribution in [0.15, 0.2) is 12.3 Å². The molecule has 0 aromatic carbocycles. The molecule has 1 aromatic rings. The minimum atomic E-state index is 0.573. The maximum Gasteiger partial charge on any atom is 0.216 e. The van der Waals surface area contributed by atoms with E-state index in [2.05, 4.69) is 23.0 Å². The minimum Gasteiger partial charge on any atom is -0.477 e. The molecule has 2 aliphatic heterocycles. The summed E-state index contributed by atoms with van der Waals surface area (Å²) >= 11 is 0. The van der Waals surface area contributed by atoms with Crippen molar-refractivity contribution in [2.75, 3.05) is 20.2 Å². The number of pyridine rings is 1. The Bertz CT molecular complexity index is 378. The highest BCUT2D eigenvalue weighted by Crippen LogP contribution is 2.33. The molecule has 1 fully saturated rings. The van der Waals surface area contributed by atoms with Gasteiger partial charge in [-0.15, -0.1) is 0 Å². The zero-order valence-corrected chi connectivity index (χ0v) is 9.07. The van der Waals surface area contributed by atoms with Crippen LogP contribution in [0.4, 0.5) is 0 Å². The van der Waals surface area contributed by atoms with Crippen molar-refractivity contribution in [3.8, 4) is 5.88 Å². The van der Waals surface area contributed by atoms with E-state index in [1.54, 1.807) is 0 Å². The zero-order valence-electron chi connectivity index (χ0n) is 9.07. The van der Waals surface area contributed by atoms with Gasteiger partial charge in [0.05, 0.1) is 6.61 Å². The molecule has 0 spiro atoms. The Balaban J connectivity index is 1.92. The fourth-order valence-corrected chi connectivity index (χ4v) is 2.60. The van der Waals surface area contributed by atoms with Gasteiger partial charge in [-0.25, -0.2) is 4.98 Å². The fraction of sp³-hybridized carbons (Fsp3) is 0.583. The molecule has 3 nitrogen and oxygen atoms in total. The minimum absolute atomic E-state index is 0.573. The highest BCUT2D eigenvalue weighted by molar-refractivity contribution is 5.34. The van der Waals surface area contributed by atoms with Gasteiger partial charge in [0.1, 0.15) is 0 Å². The molecule has 3 heterocycles. The number of rotatable bonds is 1. The average Bonchev–Trinajstić information content (AvgIpc) is 2.84. The van der Waals surface area contributed by atoms with E-state index < -0.39 is 0 Å². The molecule has 0 N–H and O–H groups in total. The van der Waals surface area contributed by atoms with Gasteiger partial charge in [-0.1, -0.05) is 0 Å². The predicted octanol–water partition coefficient (Wildman–Crippen LogP) is 1.78. The quantitative estimate of drug-likeness (QED) is 0.697. The van der Waals surface area contributed by atoms with Crippen molar-refractivity contribution >= 4 is 0 Å². The molecule has 1 aromatic heterocycles. The molecule has 0 saturated carbocycles. The third-order valence-corrected chi connectivity index (χ3v) is 3.46. The first-order valence-electron chi connectivity index (χ1n) is 5.66. The molecule has 15 heavy (non-hydrogen) atoms. The molecular formula is C12H16N2O. The molecule has 0 radical (unpaired) electrons. The van der Waals surface area contributed by atoms with E-state index in [1.165, 1.54) is 30.5 Å². The second kappa shape index (κ2) is 3.49. The lowest BCUT2D eigenvalue weighted by Gasteiger charge is -2.19. The summed E-state index contributed by atoms with van der Waals surface area (Å²) in [6.07, 6.45) is 5.57. The lowest BCUT2D eigenvalue weighted by Crippen LogP contribution is -2.17. The molecule has 0 bridgehead atoms. The molecule has 80 valence electrons. The van der Waals surface area contributed by atoms with E-state index in [9.17, 15) is 0 Å². The van der Waals surface area contributed by atoms with Gasteiger partial charge < -0.3 is 4.74 Å². The van der Waals surface area contributed by atoms with Gasteiger partial charge >= 0.3 is 0 Å². The molecule has 3 heteroatoms. The Morgan fingerprint density at radius 2 is 2.47 bits per heavy atom. The lowest BCUT2D eigenvalue weighted by molar-refractivity contribution is 0.316. The van der Waals surface area contributed by atoms with Gasteiger partial charge in [0, 0.05) is 24.2 Å². The van der Waals surface area contributed by atoms with Crippen molar-refractivity contribution in [3.05, 3.63) is 23.4 Å². The third kappa shape index (κ3) is 1.51. The number of likely N-dealkylation sites (tertiary alicyclic amines) is 1. The summed E-state index contributed by atoms with van der Waals surface area (Å²) in [5.74, 6) is 0.847. The Kier molecular flexibility index (Phi) is 2.13. The van der Waals surface area contributed by atoms with Gasteiger partial charge in [-0.2, -0.15) is 0 Å². The summed E-state index contributed by atoms with van der Waals surface area (Å²) in [4.78, 5) is 6.81. The van der Waals surface area contributed by atoms with Crippen molar-refractivity contribution in [3.63, 3.8) is 0 Å². The SMILES string of the molecule is CN1CCC[C@H]1c1cnc2c(c1)CCO2. The van der Waals surface area contributed by atoms with Gasteiger partial charge in [0.15, 0.2) is 0 Å². The monoisotopic (exact) mass is 204 g/mol. The third-order valence-electron chi connectivity index (χ3n) is 3.46. The van der Waals surface area contributed by atoms with Gasteiger partial charge in [0.25, 0.3) is 0 Å². The number of nitrogens with zero attached hydrogens (tertiary/aromatic N) is 2. The van der Waals surface area contributed by atoms with Crippen LogP contribution in [0, 0.1) is 0 Å². The van der Waals surface area contributed by atoms with Gasteiger partial charge in [-0.3, -0.25) is 4.90 Å². The van der Waals surface area contributed by atoms with E-state index in [-0.39, 0.29) is 0 Å². The predicted molar refractivity (Wildman–Crippen MR) is 58.0 cm³/mol. The topological polar surface area (TPSA) is 25.4 Å². The summed E-state index contributed by atoms with van der Waals surface area (Å²) in [6, 6.07) is 2.85. The van der Waals surface area contributed by atoms with Crippen LogP contribution in [0.2, 0.25) is 0 Å². The van der Waals surface area contributed by atoms with Crippen LogP contribution in [0.25, 0.3) is 0 Å². The van der Waals surface area contributed by atoms with Gasteiger partial charge in [0.2, 0.25) is 5.88 Å². The maximum atomic E-state index is 5.42. The fourth-order valence-electron chi connectivity index (χ4n) is 2.60. The highest BCUT2D eigenvalue weighted by atomic mass is 16.5. The van der Waals surface area contributed by atoms with E-state index in [0.29, 0.717) is 6.04 Å². The Morgan fingerprint density at radius 1 is 1.53 bits per heavy atom. The number of aromatic nitrogens is 1. The standard InChI is InChI=1S/C12H16N2O/c1-14-5-2-3-11(14)10-7-9-4-6-15-12(9)13-8-10/h7-8,11H,2-6H2,1H3/t11-/m0/s1. The smallest absolute Gasteiger partial charge is 0.216 e. The first kappa shape index (κ1) is 9.16. The van der Waals surface area contributed by atoms with Crippen molar-refractivity contribution in [2.24, 2.45) is 0 Å². The first-order chi connectivity index (χ1) is 7.34. The number of hydrogen-bond donors (Lipinski definition) is 0. The van der Waals surface area contributed by atoms with Crippen LogP contribution in [0.1, 0.15) is 30.0 Å². The van der Waals surface area contributed by atoms with Crippen LogP contribution < -0.4 is 4.74 Å². The largest absolute Gasteiger partial charge is 0.477 e. The Hall–Kier alpha value is -1.09. The molecule has 3 rings (SSSR count). The van der Waals surface area contributed by atoms with Crippen LogP contribution in [0.3, 0.4) is 0 Å². The number of fused-ring (bicyclic) bond motifs is 1. The van der Waals surface area contributed by atoms with Crippen molar-refractivity contribution in [2.45, 2.75) is 25.3 Å². The Labute approximate surface area is 90.1 Å². The van der Waals surface area contributed by atoms with Crippen LogP contribution in [0.5, 0.6) is 5.88 Å². The van der Waals surface area contributed by atoms with E-state index in [0.717, 1.165) is 18.9 Å². The van der Waals surface area contributed by atoms with Crippen LogP contribution >= 0.6 is 0 Å². The summed E-state index contributed by atoms with van der Waals surface area (Å²) < 4.78 is 5.42. The second-order valence-corrected chi connectivity index (χ2v) is 4.47. The molecule has 0 aliphatic carbocycles. The van der Waals surface area contributed by atoms with Crippen molar-refractivity contribution in [1.29, 1.82) is 0 Å². The van der Waals surface area contributed by atoms with Crippen LogP contribution in [-0.4, -0.2) is 30.1 Å². The maximum absolute atomic E-state index is 5.42. The highest BCUT2D eigenvalue weighted by Gasteiger charge is 2.24. The normalized spacial score (nSPS) is 25.3. The van der Waals surface area contributed by atoms with E-state index >= 15 is 0 Å². The lowest BCUT2D eigenvalue weighted by atomic mass is 10.0. The van der Waals surface area contributed by atoms with Crippen molar-refractivity contribution in [1.82, 2.24) is 9.88 Å². The molecule has 2 aliphatic rings. The number of ether oxygens (including phenoxy) is 1. The molecule has 0 unspecified atom stereocenters. The molecule has 1 saturated heterocycles. The van der Waals surface area contributed by atoms with Crippen molar-refractivity contribution < 1.29 is 4.74 Å². The summed E-state index contributed by atoms with van der Waals surface area (Å²) in [6.45, 7) is 2.00. The summed E-state index contributed by atoms with van der Waals surface area (Å²) in [5.41, 5.74) is 2.65. The first-order valence-corrected chi connectivity index (χ1v) is 5.66. The summed E-state index contributed by atoms with van der Waals surface area (Å²) in [5, 5.41) is 0. The van der Waals surface area contributed by atoms with E-state index in [1.807, 2.05) is 6.20 Å². The Morgan fingerprint density at radius 3 is 3.27 bits per heavy atom. The van der Waals surface area contributed by atoms with E-state index in [4.69, 9.17) is 4.74 Å².